The van der Waals surface area contributed by atoms with Gasteiger partial charge in [0.05, 0.1) is 11.3 Å². The zero-order valence-electron chi connectivity index (χ0n) is 21.8. The second kappa shape index (κ2) is 12.8. The van der Waals surface area contributed by atoms with Crippen LogP contribution in [0.5, 0.6) is 0 Å². The van der Waals surface area contributed by atoms with E-state index in [2.05, 4.69) is 50.5 Å². The summed E-state index contributed by atoms with van der Waals surface area (Å²) in [5, 5.41) is 2.89. The maximum atomic E-state index is 12.0. The van der Waals surface area contributed by atoms with Crippen LogP contribution in [-0.4, -0.2) is 70.9 Å². The molecule has 1 amide bonds. The van der Waals surface area contributed by atoms with Gasteiger partial charge in [0.25, 0.3) is 5.91 Å². The first-order valence-corrected chi connectivity index (χ1v) is 13.8. The van der Waals surface area contributed by atoms with E-state index in [1.807, 2.05) is 42.2 Å². The van der Waals surface area contributed by atoms with Gasteiger partial charge in [-0.25, -0.2) is 0 Å². The number of ketones is 2. The summed E-state index contributed by atoms with van der Waals surface area (Å²) in [6.07, 6.45) is -4.77. The number of benzene rings is 1. The van der Waals surface area contributed by atoms with E-state index in [0.717, 1.165) is 53.3 Å². The number of rotatable bonds is 5. The summed E-state index contributed by atoms with van der Waals surface area (Å²) in [7, 11) is 0. The summed E-state index contributed by atoms with van der Waals surface area (Å²) in [5.41, 5.74) is 7.09. The second-order valence-corrected chi connectivity index (χ2v) is 10.5. The molecule has 1 fully saturated rings. The number of amides is 1. The highest BCUT2D eigenvalue weighted by Gasteiger charge is 2.54. The number of anilines is 1. The van der Waals surface area contributed by atoms with E-state index in [9.17, 15) is 40.7 Å². The third-order valence-electron chi connectivity index (χ3n) is 6.33. The molecule has 0 radical (unpaired) electrons. The number of nitrogens with one attached hydrogen (secondary N) is 2. The van der Waals surface area contributed by atoms with Crippen molar-refractivity contribution in [1.29, 1.82) is 0 Å². The number of aromatic amines is 1. The van der Waals surface area contributed by atoms with E-state index in [0.29, 0.717) is 6.54 Å². The fraction of sp³-hybridized carbons (Fsp3) is 0.286. The lowest BCUT2D eigenvalue weighted by atomic mass is 10.1. The molecule has 5 rings (SSSR count). The van der Waals surface area contributed by atoms with Crippen LogP contribution in [0.1, 0.15) is 27.3 Å². The molecule has 3 aromatic rings. The molecule has 2 aliphatic heterocycles. The number of nitrogens with zero attached hydrogens (tertiary/aromatic N) is 2. The third-order valence-corrected chi connectivity index (χ3v) is 7.28. The summed E-state index contributed by atoms with van der Waals surface area (Å²) in [6.45, 7) is 2.94. The fourth-order valence-electron chi connectivity index (χ4n) is 4.21. The maximum Gasteiger partial charge on any atom is 0.458 e. The number of hydrogen-bond donors (Lipinski definition) is 2. The van der Waals surface area contributed by atoms with Gasteiger partial charge >= 0.3 is 23.9 Å². The average Bonchev–Trinajstić information content (AvgIpc) is 3.42. The molecule has 0 unspecified atom stereocenters. The van der Waals surface area contributed by atoms with Gasteiger partial charge in [-0.15, -0.1) is 0 Å². The average molecular weight is 611 g/mol. The van der Waals surface area contributed by atoms with Crippen molar-refractivity contribution in [1.82, 2.24) is 15.3 Å². The molecule has 0 bridgehead atoms. The lowest BCUT2D eigenvalue weighted by Crippen LogP contribution is -2.39. The first kappa shape index (κ1) is 30.9. The number of halogens is 6. The van der Waals surface area contributed by atoms with E-state index in [4.69, 9.17) is 0 Å². The van der Waals surface area contributed by atoms with Crippen molar-refractivity contribution in [3.8, 4) is 11.3 Å². The number of H-pyrrole nitrogens is 1. The number of carbonyl (C=O) groups excluding carboxylic acids is 3. The van der Waals surface area contributed by atoms with Crippen molar-refractivity contribution >= 4 is 47.1 Å². The van der Waals surface area contributed by atoms with E-state index >= 15 is 0 Å². The van der Waals surface area contributed by atoms with Crippen LogP contribution in [0.4, 0.5) is 32.0 Å². The summed E-state index contributed by atoms with van der Waals surface area (Å²) in [6, 6.07) is 14.7. The SMILES string of the molecule is O=C(C(=O)C(F)(F)F)C(F)(F)F.O=C1NCCc2[nH]c(-c3ccnc(/C=C/c4ccc(N5CCSCC5)cc4)c3)cc21. The van der Waals surface area contributed by atoms with Crippen LogP contribution in [0.2, 0.25) is 0 Å². The number of hydrogen-bond acceptors (Lipinski definition) is 6. The Hall–Kier alpha value is -4.07. The van der Waals surface area contributed by atoms with Gasteiger partial charge in [-0.05, 0) is 42.0 Å². The minimum Gasteiger partial charge on any atom is -0.370 e. The molecule has 0 spiro atoms. The number of thioether (sulfide) groups is 1. The van der Waals surface area contributed by atoms with Crippen LogP contribution in [-0.2, 0) is 16.0 Å². The van der Waals surface area contributed by atoms with Gasteiger partial charge in [-0.2, -0.15) is 38.1 Å². The molecule has 42 heavy (non-hydrogen) atoms. The van der Waals surface area contributed by atoms with E-state index in [1.165, 1.54) is 17.2 Å². The molecule has 1 saturated heterocycles. The Labute approximate surface area is 240 Å². The Morgan fingerprint density at radius 1 is 0.905 bits per heavy atom. The predicted molar refractivity (Wildman–Crippen MR) is 147 cm³/mol. The highest BCUT2D eigenvalue weighted by atomic mass is 32.2. The zero-order chi connectivity index (χ0) is 30.5. The smallest absolute Gasteiger partial charge is 0.370 e. The quantitative estimate of drug-likeness (QED) is 0.300. The predicted octanol–water partition coefficient (Wildman–Crippen LogP) is 5.34. The van der Waals surface area contributed by atoms with Crippen LogP contribution < -0.4 is 10.2 Å². The Balaban J connectivity index is 0.000000288. The van der Waals surface area contributed by atoms with E-state index < -0.39 is 23.9 Å². The molecule has 4 heterocycles. The Morgan fingerprint density at radius 3 is 2.14 bits per heavy atom. The van der Waals surface area contributed by atoms with Crippen LogP contribution in [0.25, 0.3) is 23.4 Å². The van der Waals surface area contributed by atoms with Crippen LogP contribution in [0.15, 0.2) is 48.7 Å². The molecular weight excluding hydrogens is 586 g/mol. The van der Waals surface area contributed by atoms with Gasteiger partial charge in [0.1, 0.15) is 0 Å². The standard InChI is InChI=1S/C24H24N4OS.C4F6O2/c29-24-21-16-23(27-22(21)8-10-26-24)18-7-9-25-19(15-18)4-1-17-2-5-20(6-3-17)28-11-13-30-14-12-28;5-3(6,7)1(11)2(12)4(8,9)10/h1-7,9,15-16,27H,8,10-14H2,(H,26,29);/b4-1+;. The number of carbonyl (C=O) groups is 3. The summed E-state index contributed by atoms with van der Waals surface area (Å²) in [4.78, 5) is 41.6. The van der Waals surface area contributed by atoms with Crippen LogP contribution in [0, 0.1) is 0 Å². The van der Waals surface area contributed by atoms with Crippen molar-refractivity contribution < 1.29 is 40.7 Å². The zero-order valence-corrected chi connectivity index (χ0v) is 22.6. The number of fused-ring (bicyclic) bond motifs is 1. The molecule has 14 heteroatoms. The lowest BCUT2D eigenvalue weighted by Gasteiger charge is -2.28. The topological polar surface area (TPSA) is 95.2 Å². The van der Waals surface area contributed by atoms with Gasteiger partial charge in [0.2, 0.25) is 0 Å². The van der Waals surface area contributed by atoms with Crippen molar-refractivity contribution in [2.45, 2.75) is 18.8 Å². The molecule has 0 atom stereocenters. The Bertz CT molecular complexity index is 1450. The largest absolute Gasteiger partial charge is 0.458 e. The minimum atomic E-state index is -5.77. The highest BCUT2D eigenvalue weighted by Crippen LogP contribution is 2.26. The number of pyridine rings is 1. The summed E-state index contributed by atoms with van der Waals surface area (Å²) < 4.78 is 67.0. The van der Waals surface area contributed by atoms with Gasteiger partial charge in [0.15, 0.2) is 0 Å². The molecule has 1 aromatic carbocycles. The van der Waals surface area contributed by atoms with Crippen molar-refractivity contribution in [3.05, 3.63) is 71.2 Å². The monoisotopic (exact) mass is 610 g/mol. The molecule has 0 aliphatic carbocycles. The van der Waals surface area contributed by atoms with Crippen LogP contribution >= 0.6 is 11.8 Å². The van der Waals surface area contributed by atoms with Gasteiger partial charge in [-0.3, -0.25) is 19.4 Å². The van der Waals surface area contributed by atoms with Gasteiger partial charge in [0, 0.05) is 66.4 Å². The third kappa shape index (κ3) is 7.81. The van der Waals surface area contributed by atoms with E-state index in [1.54, 1.807) is 0 Å². The molecule has 2 aromatic heterocycles. The van der Waals surface area contributed by atoms with Crippen molar-refractivity contribution in [2.24, 2.45) is 0 Å². The molecule has 222 valence electrons. The number of Topliss-reactive ketones (excluding diaryl/α,β-unsaturated/α-hetero) is 2. The Morgan fingerprint density at radius 2 is 1.55 bits per heavy atom. The van der Waals surface area contributed by atoms with Crippen molar-refractivity contribution in [3.63, 3.8) is 0 Å². The minimum absolute atomic E-state index is 0.000296. The molecule has 0 saturated carbocycles. The van der Waals surface area contributed by atoms with E-state index in [-0.39, 0.29) is 5.91 Å². The highest BCUT2D eigenvalue weighted by molar-refractivity contribution is 7.99. The first-order valence-electron chi connectivity index (χ1n) is 12.6. The molecule has 2 N–H and O–H groups in total. The molecule has 7 nitrogen and oxygen atoms in total. The number of aromatic nitrogens is 2. The first-order chi connectivity index (χ1) is 19.8. The van der Waals surface area contributed by atoms with Gasteiger partial charge < -0.3 is 15.2 Å². The molecule has 2 aliphatic rings. The number of alkyl halides is 6. The lowest BCUT2D eigenvalue weighted by molar-refractivity contribution is -0.193. The maximum absolute atomic E-state index is 12.0. The molecular formula is C28H24F6N4O3S. The van der Waals surface area contributed by atoms with Gasteiger partial charge in [-0.1, -0.05) is 18.2 Å². The van der Waals surface area contributed by atoms with Crippen molar-refractivity contribution in [2.75, 3.05) is 36.0 Å². The second-order valence-electron chi connectivity index (χ2n) is 9.23. The normalized spacial score (nSPS) is 15.5. The fourth-order valence-corrected chi connectivity index (χ4v) is 5.12. The van der Waals surface area contributed by atoms with Crippen LogP contribution in [0.3, 0.4) is 0 Å². The Kier molecular flexibility index (Phi) is 9.44. The summed E-state index contributed by atoms with van der Waals surface area (Å²) in [5.74, 6) is -4.40. The summed E-state index contributed by atoms with van der Waals surface area (Å²) >= 11 is 2.03.